The minimum absolute atomic E-state index is 0.0533. The Morgan fingerprint density at radius 3 is 2.65 bits per heavy atom. The molecule has 264 valence electrons. The molecule has 16 nitrogen and oxygen atoms in total. The van der Waals surface area contributed by atoms with Gasteiger partial charge in [-0.1, -0.05) is 13.0 Å². The molecule has 2 aliphatic heterocycles. The molecule has 2 fully saturated rings. The number of hydrogen-bond acceptors (Lipinski definition) is 12. The van der Waals surface area contributed by atoms with Gasteiger partial charge in [0.15, 0.2) is 6.10 Å². The predicted octanol–water partition coefficient (Wildman–Crippen LogP) is 4.00. The molecule has 0 spiro atoms. The van der Waals surface area contributed by atoms with Gasteiger partial charge in [0, 0.05) is 37.5 Å². The lowest BCUT2D eigenvalue weighted by atomic mass is 10.1. The lowest BCUT2D eigenvalue weighted by Gasteiger charge is -2.26. The third-order valence-corrected chi connectivity index (χ3v) is 9.48. The minimum atomic E-state index is -4.26. The zero-order valence-corrected chi connectivity index (χ0v) is 27.2. The van der Waals surface area contributed by atoms with E-state index in [1.807, 2.05) is 0 Å². The molecule has 19 heteroatoms. The number of halogens is 2. The number of aliphatic hydroxyl groups excluding tert-OH is 1. The van der Waals surface area contributed by atoms with Gasteiger partial charge in [-0.15, -0.1) is 0 Å². The van der Waals surface area contributed by atoms with Crippen molar-refractivity contribution in [3.63, 3.8) is 0 Å². The normalized spacial score (nSPS) is 21.6. The van der Waals surface area contributed by atoms with Crippen molar-refractivity contribution < 1.29 is 46.7 Å². The monoisotopic (exact) mass is 708 g/mol. The summed E-state index contributed by atoms with van der Waals surface area (Å²) in [5.74, 6) is -4.35. The number of benzene rings is 2. The molecular formula is C30H35F2N6O10P. The van der Waals surface area contributed by atoms with Gasteiger partial charge < -0.3 is 25.2 Å². The van der Waals surface area contributed by atoms with E-state index in [1.165, 1.54) is 18.2 Å². The van der Waals surface area contributed by atoms with Crippen LogP contribution in [0.15, 0.2) is 59.5 Å². The van der Waals surface area contributed by atoms with Crippen molar-refractivity contribution >= 4 is 25.2 Å². The maximum atomic E-state index is 14.9. The Morgan fingerprint density at radius 2 is 1.96 bits per heavy atom. The number of likely N-dealkylation sites (tertiary alicyclic amines) is 1. The van der Waals surface area contributed by atoms with Crippen molar-refractivity contribution in [1.82, 2.24) is 19.5 Å². The summed E-state index contributed by atoms with van der Waals surface area (Å²) in [5, 5.41) is 24.6. The second kappa shape index (κ2) is 15.1. The summed E-state index contributed by atoms with van der Waals surface area (Å²) in [6.45, 7) is 1.63. The number of ether oxygens (including phenoxy) is 2. The number of nitrogens with one attached hydrogen (secondary N) is 1. The highest BCUT2D eigenvalue weighted by Crippen LogP contribution is 2.48. The summed E-state index contributed by atoms with van der Waals surface area (Å²) < 4.78 is 65.8. The van der Waals surface area contributed by atoms with Gasteiger partial charge in [-0.05, 0) is 61.2 Å². The lowest BCUT2D eigenvalue weighted by molar-refractivity contribution is -0.385. The third-order valence-electron chi connectivity index (χ3n) is 7.82. The maximum Gasteiger partial charge on any atom is 0.405 e. The van der Waals surface area contributed by atoms with Crippen LogP contribution in [0.2, 0.25) is 0 Å². The molecule has 4 atom stereocenters. The average molecular weight is 709 g/mol. The fourth-order valence-electron chi connectivity index (χ4n) is 5.34. The zero-order valence-electron chi connectivity index (χ0n) is 26.3. The highest BCUT2D eigenvalue weighted by atomic mass is 31.2. The smallest absolute Gasteiger partial charge is 0.405 e. The number of hydrogen-bond donors (Lipinski definition) is 3. The summed E-state index contributed by atoms with van der Waals surface area (Å²) in [6.07, 6.45) is -2.63. The van der Waals surface area contributed by atoms with Gasteiger partial charge in [-0.3, -0.25) is 28.5 Å². The number of nitrogens with two attached hydrogens (primary N) is 1. The van der Waals surface area contributed by atoms with Crippen LogP contribution in [0, 0.1) is 10.1 Å². The molecule has 2 saturated heterocycles. The Kier molecular flexibility index (Phi) is 11.1. The third kappa shape index (κ3) is 8.29. The quantitative estimate of drug-likeness (QED) is 0.130. The number of aliphatic hydroxyl groups is 1. The number of nitrogen functional groups attached to an aromatic ring is 1. The zero-order chi connectivity index (χ0) is 35.3. The Balaban J connectivity index is 1.27. The van der Waals surface area contributed by atoms with Crippen molar-refractivity contribution in [3.8, 4) is 11.5 Å². The second-order valence-electron chi connectivity index (χ2n) is 11.3. The highest BCUT2D eigenvalue weighted by Gasteiger charge is 2.60. The van der Waals surface area contributed by atoms with Crippen LogP contribution in [0.4, 0.5) is 20.3 Å². The first-order chi connectivity index (χ1) is 23.3. The topological polar surface area (TPSA) is 211 Å². The highest BCUT2D eigenvalue weighted by molar-refractivity contribution is 7.51. The second-order valence-corrected chi connectivity index (χ2v) is 13.1. The Bertz CT molecular complexity index is 1790. The van der Waals surface area contributed by atoms with E-state index in [2.05, 4.69) is 10.1 Å². The van der Waals surface area contributed by atoms with Gasteiger partial charge in [-0.25, -0.2) is 14.4 Å². The lowest BCUT2D eigenvalue weighted by Crippen LogP contribution is -2.42. The van der Waals surface area contributed by atoms with Crippen LogP contribution in [0.1, 0.15) is 48.3 Å². The van der Waals surface area contributed by atoms with E-state index in [4.69, 9.17) is 24.3 Å². The maximum absolute atomic E-state index is 14.9. The molecule has 3 heterocycles. The number of nitrogens with zero attached hydrogens (tertiary/aromatic N) is 4. The van der Waals surface area contributed by atoms with Crippen LogP contribution < -0.4 is 21.2 Å². The molecule has 0 bridgehead atoms. The van der Waals surface area contributed by atoms with E-state index in [0.29, 0.717) is 23.2 Å². The first-order valence-corrected chi connectivity index (χ1v) is 16.9. The molecule has 1 amide bonds. The number of carbonyl (C=O) groups is 1. The molecule has 5 rings (SSSR count). The van der Waals surface area contributed by atoms with E-state index in [1.54, 1.807) is 30.0 Å². The summed E-state index contributed by atoms with van der Waals surface area (Å²) in [6, 6.07) is 11.2. The molecule has 0 aliphatic carbocycles. The Morgan fingerprint density at radius 1 is 1.20 bits per heavy atom. The van der Waals surface area contributed by atoms with Gasteiger partial charge in [0.25, 0.3) is 5.91 Å². The van der Waals surface area contributed by atoms with Crippen molar-refractivity contribution in [2.45, 2.75) is 57.2 Å². The predicted molar refractivity (Wildman–Crippen MR) is 169 cm³/mol. The van der Waals surface area contributed by atoms with Crippen LogP contribution in [0.3, 0.4) is 0 Å². The van der Waals surface area contributed by atoms with Crippen molar-refractivity contribution in [1.29, 1.82) is 0 Å². The molecule has 0 radical (unpaired) electrons. The number of aromatic nitrogens is 2. The summed E-state index contributed by atoms with van der Waals surface area (Å²) in [5.41, 5.74) is 4.53. The van der Waals surface area contributed by atoms with Crippen LogP contribution in [0.25, 0.3) is 0 Å². The van der Waals surface area contributed by atoms with Crippen molar-refractivity contribution in [2.75, 3.05) is 32.0 Å². The van der Waals surface area contributed by atoms with Gasteiger partial charge in [0.2, 0.25) is 12.0 Å². The summed E-state index contributed by atoms with van der Waals surface area (Å²) in [7, 11) is -4.26. The molecule has 0 saturated carbocycles. The molecule has 4 N–H and O–H groups in total. The van der Waals surface area contributed by atoms with Crippen molar-refractivity contribution in [2.24, 2.45) is 0 Å². The van der Waals surface area contributed by atoms with Gasteiger partial charge in [0.1, 0.15) is 17.7 Å². The number of alkyl halides is 2. The minimum Gasteiger partial charge on any atom is -0.450 e. The SMILES string of the molecule is CCNP(=O)(OCc1ccc([N+](=O)[O-])c(Oc2cccc(C(=O)N3CCCCC3)c2)c1)OCC1OC(n2ccc(N)nc2=O)C(F)(F)C1O. The van der Waals surface area contributed by atoms with Crippen LogP contribution >= 0.6 is 7.75 Å². The van der Waals surface area contributed by atoms with E-state index < -0.39 is 55.9 Å². The number of nitro groups is 1. The Labute approximate surface area is 278 Å². The molecule has 4 unspecified atom stereocenters. The number of nitro benzene ring substituents is 1. The van der Waals surface area contributed by atoms with E-state index in [-0.39, 0.29) is 41.0 Å². The summed E-state index contributed by atoms with van der Waals surface area (Å²) >= 11 is 0. The molecular weight excluding hydrogens is 673 g/mol. The van der Waals surface area contributed by atoms with Crippen LogP contribution in [0.5, 0.6) is 11.5 Å². The average Bonchev–Trinajstić information content (AvgIpc) is 3.30. The molecule has 2 aliphatic rings. The van der Waals surface area contributed by atoms with E-state index in [9.17, 15) is 38.2 Å². The largest absolute Gasteiger partial charge is 0.450 e. The number of carbonyl (C=O) groups excluding carboxylic acids is 1. The van der Waals surface area contributed by atoms with Crippen LogP contribution in [-0.2, 0) is 25.0 Å². The standard InChI is InChI=1S/C30H35F2N6O10P/c1-2-34-49(44,46-18-24-26(39)30(31,32)28(48-24)37-14-11-25(33)35-29(37)41)45-17-19-9-10-22(38(42)43)23(15-19)47-21-8-6-7-20(16-21)27(40)36-12-4-3-5-13-36/h6-11,14-16,24,26,28,39H,2-5,12-13,17-18H2,1H3,(H,34,44)(H2,33,35,41). The molecule has 1 aromatic heterocycles. The number of piperidine rings is 1. The van der Waals surface area contributed by atoms with Gasteiger partial charge >= 0.3 is 25.0 Å². The van der Waals surface area contributed by atoms with E-state index in [0.717, 1.165) is 37.6 Å². The first kappa shape index (κ1) is 36.0. The number of amides is 1. The van der Waals surface area contributed by atoms with Gasteiger partial charge in [0.05, 0.1) is 18.1 Å². The Hall–Kier alpha value is -4.32. The fourth-order valence-corrected chi connectivity index (χ4v) is 6.65. The molecule has 2 aromatic carbocycles. The fraction of sp³-hybridized carbons (Fsp3) is 0.433. The van der Waals surface area contributed by atoms with Gasteiger partial charge in [-0.2, -0.15) is 13.8 Å². The van der Waals surface area contributed by atoms with Crippen LogP contribution in [-0.4, -0.2) is 74.8 Å². The number of rotatable bonds is 13. The molecule has 49 heavy (non-hydrogen) atoms. The number of anilines is 1. The molecule has 3 aromatic rings. The van der Waals surface area contributed by atoms with E-state index >= 15 is 0 Å². The van der Waals surface area contributed by atoms with Crippen molar-refractivity contribution in [3.05, 3.63) is 86.5 Å². The first-order valence-electron chi connectivity index (χ1n) is 15.4. The summed E-state index contributed by atoms with van der Waals surface area (Å²) in [4.78, 5) is 41.4.